The predicted octanol–water partition coefficient (Wildman–Crippen LogP) is 2.69. The van der Waals surface area contributed by atoms with Gasteiger partial charge in [0.25, 0.3) is 0 Å². The van der Waals surface area contributed by atoms with Gasteiger partial charge in [0.2, 0.25) is 0 Å². The lowest BCUT2D eigenvalue weighted by Gasteiger charge is -2.14. The molecule has 0 amide bonds. The van der Waals surface area contributed by atoms with Crippen LogP contribution in [0.15, 0.2) is 18.2 Å². The second-order valence-electron chi connectivity index (χ2n) is 5.10. The number of hydrogen-bond acceptors (Lipinski definition) is 2. The number of carbonyl (C=O) groups excluding carboxylic acids is 1. The van der Waals surface area contributed by atoms with E-state index in [4.69, 9.17) is 4.74 Å². The Balaban J connectivity index is 2.08. The second-order valence-corrected chi connectivity index (χ2v) is 5.10. The van der Waals surface area contributed by atoms with Gasteiger partial charge in [0.05, 0.1) is 0 Å². The number of para-hydroxylation sites is 1. The minimum Gasteiger partial charge on any atom is -0.489 e. The number of rotatable bonds is 1. The molecular formula is C14H16O2. The molecule has 1 heterocycles. The molecule has 1 aliphatic carbocycles. The van der Waals surface area contributed by atoms with Gasteiger partial charge in [0, 0.05) is 17.4 Å². The smallest absolute Gasteiger partial charge is 0.126 e. The SMILES string of the molecule is Cc1cccc2c1O[C@H]1C[C@@H](C)[C@H](C=O)[C@@H]21. The predicted molar refractivity (Wildman–Crippen MR) is 61.7 cm³/mol. The first kappa shape index (κ1) is 9.88. The Bertz CT molecular complexity index is 438. The van der Waals surface area contributed by atoms with Crippen molar-refractivity contribution in [3.05, 3.63) is 29.3 Å². The van der Waals surface area contributed by atoms with Crippen LogP contribution in [0.3, 0.4) is 0 Å². The van der Waals surface area contributed by atoms with Crippen LogP contribution in [-0.4, -0.2) is 12.4 Å². The van der Waals surface area contributed by atoms with E-state index < -0.39 is 0 Å². The Kier molecular flexibility index (Phi) is 2.06. The first-order valence-corrected chi connectivity index (χ1v) is 5.94. The normalized spacial score (nSPS) is 35.4. The summed E-state index contributed by atoms with van der Waals surface area (Å²) in [6.07, 6.45) is 2.35. The highest BCUT2D eigenvalue weighted by Gasteiger charge is 2.48. The lowest BCUT2D eigenvalue weighted by Crippen LogP contribution is -2.16. The minimum atomic E-state index is 0.132. The Labute approximate surface area is 95.6 Å². The van der Waals surface area contributed by atoms with Gasteiger partial charge in [-0.15, -0.1) is 0 Å². The summed E-state index contributed by atoms with van der Waals surface area (Å²) in [7, 11) is 0. The zero-order valence-corrected chi connectivity index (χ0v) is 9.64. The second kappa shape index (κ2) is 3.34. The molecule has 0 unspecified atom stereocenters. The van der Waals surface area contributed by atoms with E-state index in [-0.39, 0.29) is 12.0 Å². The molecule has 2 nitrogen and oxygen atoms in total. The monoisotopic (exact) mass is 216 g/mol. The fourth-order valence-corrected chi connectivity index (χ4v) is 3.27. The zero-order chi connectivity index (χ0) is 11.3. The number of aldehydes is 1. The van der Waals surface area contributed by atoms with Gasteiger partial charge in [-0.05, 0) is 24.8 Å². The van der Waals surface area contributed by atoms with Crippen molar-refractivity contribution < 1.29 is 9.53 Å². The van der Waals surface area contributed by atoms with Gasteiger partial charge >= 0.3 is 0 Å². The van der Waals surface area contributed by atoms with Gasteiger partial charge in [0.1, 0.15) is 18.1 Å². The maximum atomic E-state index is 11.2. The first-order valence-electron chi connectivity index (χ1n) is 5.94. The molecule has 1 aromatic carbocycles. The quantitative estimate of drug-likeness (QED) is 0.675. The summed E-state index contributed by atoms with van der Waals surface area (Å²) in [5.41, 5.74) is 2.43. The highest BCUT2D eigenvalue weighted by Crippen LogP contribution is 2.52. The molecule has 84 valence electrons. The van der Waals surface area contributed by atoms with E-state index in [9.17, 15) is 4.79 Å². The summed E-state index contributed by atoms with van der Waals surface area (Å²) in [6.45, 7) is 4.22. The van der Waals surface area contributed by atoms with Crippen LogP contribution in [0.25, 0.3) is 0 Å². The molecule has 4 atom stereocenters. The van der Waals surface area contributed by atoms with Gasteiger partial charge in [-0.3, -0.25) is 0 Å². The molecule has 2 heteroatoms. The third-order valence-corrected chi connectivity index (χ3v) is 4.10. The number of hydrogen-bond donors (Lipinski definition) is 0. The Morgan fingerprint density at radius 2 is 2.25 bits per heavy atom. The molecule has 2 aliphatic rings. The van der Waals surface area contributed by atoms with Crippen molar-refractivity contribution in [1.82, 2.24) is 0 Å². The van der Waals surface area contributed by atoms with Crippen molar-refractivity contribution in [2.24, 2.45) is 11.8 Å². The van der Waals surface area contributed by atoms with Crippen molar-refractivity contribution >= 4 is 6.29 Å². The van der Waals surface area contributed by atoms with E-state index in [2.05, 4.69) is 32.0 Å². The van der Waals surface area contributed by atoms with Gasteiger partial charge in [0.15, 0.2) is 0 Å². The lowest BCUT2D eigenvalue weighted by molar-refractivity contribution is -0.112. The summed E-state index contributed by atoms with van der Waals surface area (Å²) in [5.74, 6) is 1.90. The molecule has 0 N–H and O–H groups in total. The molecular weight excluding hydrogens is 200 g/mol. The number of ether oxygens (including phenoxy) is 1. The highest BCUT2D eigenvalue weighted by molar-refractivity contribution is 5.61. The van der Waals surface area contributed by atoms with Gasteiger partial charge in [-0.25, -0.2) is 0 Å². The zero-order valence-electron chi connectivity index (χ0n) is 9.64. The van der Waals surface area contributed by atoms with Crippen LogP contribution in [0.2, 0.25) is 0 Å². The van der Waals surface area contributed by atoms with Crippen LogP contribution in [0.1, 0.15) is 30.4 Å². The van der Waals surface area contributed by atoms with E-state index in [0.717, 1.165) is 18.5 Å². The summed E-state index contributed by atoms with van der Waals surface area (Å²) < 4.78 is 6.01. The van der Waals surface area contributed by atoms with Crippen LogP contribution in [0.4, 0.5) is 0 Å². The van der Waals surface area contributed by atoms with Gasteiger partial charge in [-0.2, -0.15) is 0 Å². The number of aryl methyl sites for hydroxylation is 1. The van der Waals surface area contributed by atoms with Crippen LogP contribution in [0, 0.1) is 18.8 Å². The van der Waals surface area contributed by atoms with E-state index in [1.54, 1.807) is 0 Å². The first-order chi connectivity index (χ1) is 7.72. The van der Waals surface area contributed by atoms with Crippen molar-refractivity contribution in [3.8, 4) is 5.75 Å². The standard InChI is InChI=1S/C14H16O2/c1-8-4-3-5-10-13-11(7-15)9(2)6-12(13)16-14(8)10/h3-5,7,9,11-13H,6H2,1-2H3/t9-,11+,12+,13-/m1/s1. The van der Waals surface area contributed by atoms with Crippen LogP contribution in [0.5, 0.6) is 5.75 Å². The average Bonchev–Trinajstić information content (AvgIpc) is 2.74. The summed E-state index contributed by atoms with van der Waals surface area (Å²) in [6, 6.07) is 6.24. The molecule has 16 heavy (non-hydrogen) atoms. The molecule has 1 fully saturated rings. The Morgan fingerprint density at radius 3 is 3.00 bits per heavy atom. The topological polar surface area (TPSA) is 26.3 Å². The fraction of sp³-hybridized carbons (Fsp3) is 0.500. The minimum absolute atomic E-state index is 0.132. The van der Waals surface area contributed by atoms with Gasteiger partial charge < -0.3 is 9.53 Å². The molecule has 0 aromatic heterocycles. The van der Waals surface area contributed by atoms with E-state index >= 15 is 0 Å². The largest absolute Gasteiger partial charge is 0.489 e. The molecule has 0 spiro atoms. The Hall–Kier alpha value is -1.31. The summed E-state index contributed by atoms with van der Waals surface area (Å²) >= 11 is 0. The maximum absolute atomic E-state index is 11.2. The molecule has 3 rings (SSSR count). The molecule has 0 bridgehead atoms. The highest BCUT2D eigenvalue weighted by atomic mass is 16.5. The number of benzene rings is 1. The van der Waals surface area contributed by atoms with E-state index in [1.807, 2.05) is 0 Å². The van der Waals surface area contributed by atoms with Crippen LogP contribution >= 0.6 is 0 Å². The maximum Gasteiger partial charge on any atom is 0.126 e. The third kappa shape index (κ3) is 1.16. The number of carbonyl (C=O) groups is 1. The Morgan fingerprint density at radius 1 is 1.44 bits per heavy atom. The third-order valence-electron chi connectivity index (χ3n) is 4.10. The summed E-state index contributed by atoms with van der Waals surface area (Å²) in [5, 5.41) is 0. The lowest BCUT2D eigenvalue weighted by atomic mass is 9.86. The van der Waals surface area contributed by atoms with Crippen molar-refractivity contribution in [2.45, 2.75) is 32.3 Å². The molecule has 0 radical (unpaired) electrons. The summed E-state index contributed by atoms with van der Waals surface area (Å²) in [4.78, 5) is 11.2. The van der Waals surface area contributed by atoms with Crippen LogP contribution in [-0.2, 0) is 4.79 Å². The molecule has 0 saturated heterocycles. The van der Waals surface area contributed by atoms with E-state index in [1.165, 1.54) is 11.1 Å². The van der Waals surface area contributed by atoms with Crippen LogP contribution < -0.4 is 4.74 Å². The molecule has 1 aliphatic heterocycles. The number of fused-ring (bicyclic) bond motifs is 3. The van der Waals surface area contributed by atoms with Crippen molar-refractivity contribution in [2.75, 3.05) is 0 Å². The van der Waals surface area contributed by atoms with Gasteiger partial charge in [-0.1, -0.05) is 25.1 Å². The molecule has 1 saturated carbocycles. The van der Waals surface area contributed by atoms with Crippen molar-refractivity contribution in [1.29, 1.82) is 0 Å². The molecule has 1 aromatic rings. The van der Waals surface area contributed by atoms with E-state index in [0.29, 0.717) is 11.8 Å². The fourth-order valence-electron chi connectivity index (χ4n) is 3.27. The van der Waals surface area contributed by atoms with Crippen molar-refractivity contribution in [3.63, 3.8) is 0 Å². The average molecular weight is 216 g/mol.